The molecule has 23 heavy (non-hydrogen) atoms. The van der Waals surface area contributed by atoms with E-state index in [-0.39, 0.29) is 5.97 Å². The van der Waals surface area contributed by atoms with Gasteiger partial charge in [0.15, 0.2) is 0 Å². The molecular formula is C19H23NO3. The van der Waals surface area contributed by atoms with E-state index in [2.05, 4.69) is 5.32 Å². The maximum atomic E-state index is 11.4. The lowest BCUT2D eigenvalue weighted by atomic mass is 9.95. The molecule has 122 valence electrons. The highest BCUT2D eigenvalue weighted by molar-refractivity contribution is 5.89. The summed E-state index contributed by atoms with van der Waals surface area (Å²) in [5, 5.41) is 3.58. The summed E-state index contributed by atoms with van der Waals surface area (Å²) >= 11 is 0. The zero-order chi connectivity index (χ0) is 16.1. The largest absolute Gasteiger partial charge is 0.465 e. The number of benzene rings is 1. The van der Waals surface area contributed by atoms with Crippen molar-refractivity contribution in [2.45, 2.75) is 44.7 Å². The van der Waals surface area contributed by atoms with Gasteiger partial charge in [-0.3, -0.25) is 0 Å². The zero-order valence-electron chi connectivity index (χ0n) is 13.5. The number of hydrogen-bond donors (Lipinski definition) is 1. The average molecular weight is 313 g/mol. The number of nitrogens with one attached hydrogen (secondary N) is 1. The summed E-state index contributed by atoms with van der Waals surface area (Å²) in [4.78, 5) is 11.4. The van der Waals surface area contributed by atoms with Gasteiger partial charge in [-0.05, 0) is 37.1 Å². The predicted octanol–water partition coefficient (Wildman–Crippen LogP) is 4.16. The molecule has 0 spiro atoms. The van der Waals surface area contributed by atoms with Gasteiger partial charge in [0.05, 0.1) is 19.2 Å². The lowest BCUT2D eigenvalue weighted by molar-refractivity contribution is 0.0601. The molecule has 0 unspecified atom stereocenters. The summed E-state index contributed by atoms with van der Waals surface area (Å²) in [6.45, 7) is 0.769. The molecular weight excluding hydrogens is 290 g/mol. The third-order valence-electron chi connectivity index (χ3n) is 4.42. The number of carbonyl (C=O) groups is 1. The van der Waals surface area contributed by atoms with Crippen molar-refractivity contribution in [1.29, 1.82) is 0 Å². The summed E-state index contributed by atoms with van der Waals surface area (Å²) in [5.41, 5.74) is 1.50. The Morgan fingerprint density at radius 1 is 1.13 bits per heavy atom. The monoisotopic (exact) mass is 313 g/mol. The van der Waals surface area contributed by atoms with Crippen LogP contribution in [0.3, 0.4) is 0 Å². The molecule has 0 bridgehead atoms. The van der Waals surface area contributed by atoms with Crippen LogP contribution in [-0.4, -0.2) is 19.1 Å². The number of carbonyl (C=O) groups excluding carboxylic acids is 1. The first-order chi connectivity index (χ1) is 11.3. The smallest absolute Gasteiger partial charge is 0.337 e. The SMILES string of the molecule is COC(=O)c1ccc(-c2ccc(CNC3CCCCC3)o2)cc1. The summed E-state index contributed by atoms with van der Waals surface area (Å²) in [7, 11) is 1.38. The molecule has 1 saturated carbocycles. The normalized spacial score (nSPS) is 15.5. The fourth-order valence-corrected chi connectivity index (χ4v) is 3.07. The molecule has 4 nitrogen and oxygen atoms in total. The molecule has 1 N–H and O–H groups in total. The molecule has 0 amide bonds. The molecule has 1 heterocycles. The van der Waals surface area contributed by atoms with E-state index in [1.165, 1.54) is 39.2 Å². The van der Waals surface area contributed by atoms with Gasteiger partial charge in [-0.25, -0.2) is 4.79 Å². The molecule has 1 fully saturated rings. The Kier molecular flexibility index (Phi) is 5.13. The van der Waals surface area contributed by atoms with E-state index in [1.807, 2.05) is 24.3 Å². The highest BCUT2D eigenvalue weighted by Gasteiger charge is 2.13. The van der Waals surface area contributed by atoms with Gasteiger partial charge < -0.3 is 14.5 Å². The average Bonchev–Trinajstić information content (AvgIpc) is 3.09. The lowest BCUT2D eigenvalue weighted by Gasteiger charge is -2.22. The minimum Gasteiger partial charge on any atom is -0.465 e. The molecule has 1 aromatic carbocycles. The molecule has 1 aromatic heterocycles. The Bertz CT molecular complexity index is 639. The maximum absolute atomic E-state index is 11.4. The Morgan fingerprint density at radius 2 is 1.87 bits per heavy atom. The molecule has 1 aliphatic carbocycles. The highest BCUT2D eigenvalue weighted by Crippen LogP contribution is 2.23. The van der Waals surface area contributed by atoms with Gasteiger partial charge in [-0.2, -0.15) is 0 Å². The minimum atomic E-state index is -0.326. The molecule has 0 atom stereocenters. The quantitative estimate of drug-likeness (QED) is 0.842. The maximum Gasteiger partial charge on any atom is 0.337 e. The summed E-state index contributed by atoms with van der Waals surface area (Å²) in [5.74, 6) is 1.44. The van der Waals surface area contributed by atoms with Gasteiger partial charge in [0.1, 0.15) is 11.5 Å². The number of rotatable bonds is 5. The van der Waals surface area contributed by atoms with E-state index in [4.69, 9.17) is 9.15 Å². The van der Waals surface area contributed by atoms with Crippen LogP contribution in [0.15, 0.2) is 40.8 Å². The van der Waals surface area contributed by atoms with Crippen molar-refractivity contribution in [3.63, 3.8) is 0 Å². The Labute approximate surface area is 136 Å². The fraction of sp³-hybridized carbons (Fsp3) is 0.421. The van der Waals surface area contributed by atoms with Gasteiger partial charge in [0.25, 0.3) is 0 Å². The van der Waals surface area contributed by atoms with Crippen molar-refractivity contribution in [3.05, 3.63) is 47.7 Å². The van der Waals surface area contributed by atoms with Gasteiger partial charge in [-0.15, -0.1) is 0 Å². The van der Waals surface area contributed by atoms with Crippen LogP contribution in [-0.2, 0) is 11.3 Å². The number of ether oxygens (including phenoxy) is 1. The third kappa shape index (κ3) is 4.02. The first kappa shape index (κ1) is 15.8. The summed E-state index contributed by atoms with van der Waals surface area (Å²) in [6, 6.07) is 11.9. The van der Waals surface area contributed by atoms with Gasteiger partial charge in [0, 0.05) is 11.6 Å². The number of furan rings is 1. The van der Waals surface area contributed by atoms with Crippen molar-refractivity contribution in [2.24, 2.45) is 0 Å². The first-order valence-electron chi connectivity index (χ1n) is 8.27. The second-order valence-corrected chi connectivity index (χ2v) is 6.05. The van der Waals surface area contributed by atoms with Crippen molar-refractivity contribution < 1.29 is 13.9 Å². The minimum absolute atomic E-state index is 0.326. The van der Waals surface area contributed by atoms with Crippen LogP contribution in [0, 0.1) is 0 Å². The number of hydrogen-bond acceptors (Lipinski definition) is 4. The standard InChI is InChI=1S/C19H23NO3/c1-22-19(21)15-9-7-14(8-10-15)18-12-11-17(23-18)13-20-16-5-3-2-4-6-16/h7-12,16,20H,2-6,13H2,1H3. The lowest BCUT2D eigenvalue weighted by Crippen LogP contribution is -2.30. The number of esters is 1. The van der Waals surface area contributed by atoms with Gasteiger partial charge in [0.2, 0.25) is 0 Å². The van der Waals surface area contributed by atoms with Crippen molar-refractivity contribution in [1.82, 2.24) is 5.32 Å². The van der Waals surface area contributed by atoms with Crippen molar-refractivity contribution >= 4 is 5.97 Å². The van der Waals surface area contributed by atoms with Gasteiger partial charge >= 0.3 is 5.97 Å². The van der Waals surface area contributed by atoms with E-state index >= 15 is 0 Å². The first-order valence-corrected chi connectivity index (χ1v) is 8.27. The van der Waals surface area contributed by atoms with Crippen LogP contribution in [0.4, 0.5) is 0 Å². The van der Waals surface area contributed by atoms with E-state index in [9.17, 15) is 4.79 Å². The Morgan fingerprint density at radius 3 is 2.57 bits per heavy atom. The fourth-order valence-electron chi connectivity index (χ4n) is 3.07. The molecule has 1 aliphatic rings. The molecule has 0 radical (unpaired) electrons. The Hall–Kier alpha value is -2.07. The highest BCUT2D eigenvalue weighted by atomic mass is 16.5. The number of methoxy groups -OCH3 is 1. The molecule has 3 rings (SSSR count). The van der Waals surface area contributed by atoms with Crippen molar-refractivity contribution in [2.75, 3.05) is 7.11 Å². The molecule has 0 aliphatic heterocycles. The van der Waals surface area contributed by atoms with E-state index in [0.29, 0.717) is 11.6 Å². The zero-order valence-corrected chi connectivity index (χ0v) is 13.5. The van der Waals surface area contributed by atoms with Crippen LogP contribution in [0.2, 0.25) is 0 Å². The van der Waals surface area contributed by atoms with Crippen LogP contribution in [0.5, 0.6) is 0 Å². The van der Waals surface area contributed by atoms with Gasteiger partial charge in [-0.1, -0.05) is 31.4 Å². The van der Waals surface area contributed by atoms with E-state index in [1.54, 1.807) is 12.1 Å². The molecule has 0 saturated heterocycles. The second kappa shape index (κ2) is 7.47. The van der Waals surface area contributed by atoms with Crippen molar-refractivity contribution in [3.8, 4) is 11.3 Å². The second-order valence-electron chi connectivity index (χ2n) is 6.05. The van der Waals surface area contributed by atoms with Crippen LogP contribution in [0.25, 0.3) is 11.3 Å². The summed E-state index contributed by atoms with van der Waals surface area (Å²) < 4.78 is 10.6. The van der Waals surface area contributed by atoms with Crippen LogP contribution < -0.4 is 5.32 Å². The predicted molar refractivity (Wildman–Crippen MR) is 89.2 cm³/mol. The molecule has 2 aromatic rings. The van der Waals surface area contributed by atoms with E-state index in [0.717, 1.165) is 23.6 Å². The topological polar surface area (TPSA) is 51.5 Å². The van der Waals surface area contributed by atoms with E-state index < -0.39 is 0 Å². The Balaban J connectivity index is 1.60. The van der Waals surface area contributed by atoms with Crippen LogP contribution >= 0.6 is 0 Å². The molecule has 4 heteroatoms. The van der Waals surface area contributed by atoms with Crippen LogP contribution in [0.1, 0.15) is 48.2 Å². The third-order valence-corrected chi connectivity index (χ3v) is 4.42. The summed E-state index contributed by atoms with van der Waals surface area (Å²) in [6.07, 6.45) is 6.55.